The van der Waals surface area contributed by atoms with Crippen molar-refractivity contribution in [3.63, 3.8) is 0 Å². The van der Waals surface area contributed by atoms with Gasteiger partial charge in [0, 0.05) is 18.7 Å². The summed E-state index contributed by atoms with van der Waals surface area (Å²) in [7, 11) is 1.31. The van der Waals surface area contributed by atoms with Crippen LogP contribution in [0.3, 0.4) is 0 Å². The highest BCUT2D eigenvalue weighted by atomic mass is 19.4. The summed E-state index contributed by atoms with van der Waals surface area (Å²) in [5.41, 5.74) is 1.28. The third-order valence-corrected chi connectivity index (χ3v) is 4.44. The molecule has 0 fully saturated rings. The van der Waals surface area contributed by atoms with Crippen LogP contribution in [0.1, 0.15) is 35.3 Å². The Kier molecular flexibility index (Phi) is 7.99. The molecule has 0 spiro atoms. The van der Waals surface area contributed by atoms with Gasteiger partial charge in [-0.3, -0.25) is 0 Å². The number of aliphatic hydroxyl groups is 1. The largest absolute Gasteiger partial charge is 0.466 e. The minimum atomic E-state index is -4.45. The summed E-state index contributed by atoms with van der Waals surface area (Å²) in [6, 6.07) is 12.2. The molecule has 0 saturated heterocycles. The number of esters is 1. The Balaban J connectivity index is 1.98. The molecule has 2 N–H and O–H groups in total. The minimum Gasteiger partial charge on any atom is -0.466 e. The summed E-state index contributed by atoms with van der Waals surface area (Å²) in [4.78, 5) is 11.3. The predicted molar refractivity (Wildman–Crippen MR) is 105 cm³/mol. The van der Waals surface area contributed by atoms with Crippen molar-refractivity contribution in [2.45, 2.75) is 31.7 Å². The first-order valence-corrected chi connectivity index (χ1v) is 9.13. The lowest BCUT2D eigenvalue weighted by Gasteiger charge is -2.19. The molecule has 2 aromatic carbocycles. The number of carbonyl (C=O) groups is 1. The van der Waals surface area contributed by atoms with Gasteiger partial charge in [-0.25, -0.2) is 4.79 Å². The van der Waals surface area contributed by atoms with Crippen molar-refractivity contribution < 1.29 is 27.8 Å². The van der Waals surface area contributed by atoms with Crippen LogP contribution in [0.4, 0.5) is 13.2 Å². The predicted octanol–water partition coefficient (Wildman–Crippen LogP) is 4.15. The molecule has 2 aromatic rings. The number of aliphatic hydroxyl groups excluding tert-OH is 1. The van der Waals surface area contributed by atoms with E-state index >= 15 is 0 Å². The van der Waals surface area contributed by atoms with E-state index in [2.05, 4.69) is 10.1 Å². The summed E-state index contributed by atoms with van der Waals surface area (Å²) in [5.74, 6) is -0.449. The van der Waals surface area contributed by atoms with Crippen molar-refractivity contribution in [3.05, 3.63) is 76.9 Å². The Morgan fingerprint density at radius 3 is 2.62 bits per heavy atom. The number of ether oxygens (including phenoxy) is 1. The number of alkyl halides is 3. The van der Waals surface area contributed by atoms with Gasteiger partial charge in [-0.2, -0.15) is 13.2 Å². The summed E-state index contributed by atoms with van der Waals surface area (Å²) in [6.45, 7) is 2.03. The average molecular weight is 407 g/mol. The first-order chi connectivity index (χ1) is 13.7. The molecule has 0 saturated carbocycles. The van der Waals surface area contributed by atoms with Crippen molar-refractivity contribution in [2.24, 2.45) is 0 Å². The number of benzene rings is 2. The van der Waals surface area contributed by atoms with Crippen LogP contribution in [0.15, 0.2) is 54.6 Å². The van der Waals surface area contributed by atoms with E-state index < -0.39 is 23.8 Å². The zero-order chi connectivity index (χ0) is 21.4. The molecule has 2 atom stereocenters. The maximum Gasteiger partial charge on any atom is 0.416 e. The van der Waals surface area contributed by atoms with E-state index in [-0.39, 0.29) is 18.2 Å². The summed E-state index contributed by atoms with van der Waals surface area (Å²) in [6.07, 6.45) is -1.89. The molecule has 0 aromatic heterocycles. The lowest BCUT2D eigenvalue weighted by Crippen LogP contribution is -2.32. The van der Waals surface area contributed by atoms with Gasteiger partial charge in [-0.1, -0.05) is 36.4 Å². The zero-order valence-electron chi connectivity index (χ0n) is 16.2. The highest BCUT2D eigenvalue weighted by Gasteiger charge is 2.30. The van der Waals surface area contributed by atoms with Crippen LogP contribution < -0.4 is 5.32 Å². The Morgan fingerprint density at radius 2 is 1.93 bits per heavy atom. The van der Waals surface area contributed by atoms with Gasteiger partial charge in [0.25, 0.3) is 0 Å². The highest BCUT2D eigenvalue weighted by molar-refractivity contribution is 5.87. The molecule has 0 bridgehead atoms. The van der Waals surface area contributed by atoms with Crippen LogP contribution in [-0.2, 0) is 22.1 Å². The van der Waals surface area contributed by atoms with E-state index in [0.29, 0.717) is 6.42 Å². The van der Waals surface area contributed by atoms with E-state index in [9.17, 15) is 23.1 Å². The first-order valence-electron chi connectivity index (χ1n) is 9.13. The smallest absolute Gasteiger partial charge is 0.416 e. The van der Waals surface area contributed by atoms with E-state index in [4.69, 9.17) is 0 Å². The molecule has 0 aliphatic rings. The molecule has 4 nitrogen and oxygen atoms in total. The van der Waals surface area contributed by atoms with Gasteiger partial charge >= 0.3 is 12.1 Å². The van der Waals surface area contributed by atoms with Crippen molar-refractivity contribution in [2.75, 3.05) is 13.7 Å². The summed E-state index contributed by atoms with van der Waals surface area (Å²) >= 11 is 0. The quantitative estimate of drug-likeness (QED) is 0.510. The SMILES string of the molecule is COC(=O)C=Cc1ccccc1CC(C)NCC(O)c1cccc(C(F)(F)F)c1. The lowest BCUT2D eigenvalue weighted by atomic mass is 10.00. The van der Waals surface area contributed by atoms with Gasteiger partial charge in [0.2, 0.25) is 0 Å². The Morgan fingerprint density at radius 1 is 1.21 bits per heavy atom. The van der Waals surface area contributed by atoms with Crippen LogP contribution in [0.5, 0.6) is 0 Å². The number of halogens is 3. The van der Waals surface area contributed by atoms with Crippen LogP contribution in [0.2, 0.25) is 0 Å². The number of nitrogens with one attached hydrogen (secondary N) is 1. The second kappa shape index (κ2) is 10.2. The topological polar surface area (TPSA) is 58.6 Å². The number of hydrogen-bond acceptors (Lipinski definition) is 4. The van der Waals surface area contributed by atoms with Crippen molar-refractivity contribution in [1.82, 2.24) is 5.32 Å². The normalized spacial score (nSPS) is 14.0. The zero-order valence-corrected chi connectivity index (χ0v) is 16.2. The second-order valence-corrected chi connectivity index (χ2v) is 6.71. The maximum atomic E-state index is 12.8. The molecular weight excluding hydrogens is 383 g/mol. The van der Waals surface area contributed by atoms with Gasteiger partial charge in [-0.15, -0.1) is 0 Å². The van der Waals surface area contributed by atoms with E-state index in [1.165, 1.54) is 25.3 Å². The number of hydrogen-bond donors (Lipinski definition) is 2. The molecule has 2 unspecified atom stereocenters. The van der Waals surface area contributed by atoms with Gasteiger partial charge in [-0.05, 0) is 48.2 Å². The lowest BCUT2D eigenvalue weighted by molar-refractivity contribution is -0.137. The maximum absolute atomic E-state index is 12.8. The van der Waals surface area contributed by atoms with Gasteiger partial charge < -0.3 is 15.2 Å². The molecular formula is C22H24F3NO3. The number of methoxy groups -OCH3 is 1. The number of carbonyl (C=O) groups excluding carboxylic acids is 1. The van der Waals surface area contributed by atoms with E-state index in [1.54, 1.807) is 6.08 Å². The third-order valence-electron chi connectivity index (χ3n) is 4.44. The fourth-order valence-corrected chi connectivity index (χ4v) is 2.86. The molecule has 0 radical (unpaired) electrons. The molecule has 0 aliphatic heterocycles. The van der Waals surface area contributed by atoms with Crippen molar-refractivity contribution in [1.29, 1.82) is 0 Å². The molecule has 2 rings (SSSR count). The Labute approximate surface area is 168 Å². The third kappa shape index (κ3) is 7.03. The van der Waals surface area contributed by atoms with E-state index in [0.717, 1.165) is 23.3 Å². The second-order valence-electron chi connectivity index (χ2n) is 6.71. The molecule has 29 heavy (non-hydrogen) atoms. The Bertz CT molecular complexity index is 849. The summed E-state index contributed by atoms with van der Waals surface area (Å²) < 4.78 is 43.1. The molecule has 7 heteroatoms. The molecule has 156 valence electrons. The first kappa shape index (κ1) is 22.6. The van der Waals surface area contributed by atoms with Gasteiger partial charge in [0.1, 0.15) is 0 Å². The van der Waals surface area contributed by atoms with Crippen LogP contribution in [-0.4, -0.2) is 30.8 Å². The summed E-state index contributed by atoms with van der Waals surface area (Å²) in [5, 5.41) is 13.4. The van der Waals surface area contributed by atoms with Crippen molar-refractivity contribution in [3.8, 4) is 0 Å². The molecule has 0 heterocycles. The monoisotopic (exact) mass is 407 g/mol. The van der Waals surface area contributed by atoms with Crippen LogP contribution in [0.25, 0.3) is 6.08 Å². The highest BCUT2D eigenvalue weighted by Crippen LogP contribution is 2.30. The number of rotatable bonds is 8. The standard InChI is InChI=1S/C22H24F3NO3/c1-15(12-17-7-4-3-6-16(17)10-11-21(28)29-2)26-14-20(27)18-8-5-9-19(13-18)22(23,24)25/h3-11,13,15,20,26-27H,12,14H2,1-2H3. The molecule has 0 aliphatic carbocycles. The van der Waals surface area contributed by atoms with E-state index in [1.807, 2.05) is 31.2 Å². The minimum absolute atomic E-state index is 0.0527. The fourth-order valence-electron chi connectivity index (χ4n) is 2.86. The average Bonchev–Trinajstić information content (AvgIpc) is 2.70. The Hall–Kier alpha value is -2.64. The van der Waals surface area contributed by atoms with Gasteiger partial charge in [0.15, 0.2) is 0 Å². The van der Waals surface area contributed by atoms with Crippen LogP contribution in [0, 0.1) is 0 Å². The van der Waals surface area contributed by atoms with Crippen molar-refractivity contribution >= 4 is 12.0 Å². The fraction of sp³-hybridized carbons (Fsp3) is 0.318. The molecule has 0 amide bonds. The van der Waals surface area contributed by atoms with Crippen LogP contribution >= 0.6 is 0 Å². The van der Waals surface area contributed by atoms with Gasteiger partial charge in [0.05, 0.1) is 18.8 Å².